The van der Waals surface area contributed by atoms with Gasteiger partial charge >= 0.3 is 0 Å². The Morgan fingerprint density at radius 3 is 2.41 bits per heavy atom. The quantitative estimate of drug-likeness (QED) is 0.253. The maximum absolute atomic E-state index is 14.7. The Morgan fingerprint density at radius 1 is 1.07 bits per heavy atom. The van der Waals surface area contributed by atoms with Crippen LogP contribution in [-0.2, 0) is 11.3 Å². The zero-order valence-corrected chi connectivity index (χ0v) is 27.7. The van der Waals surface area contributed by atoms with E-state index in [-0.39, 0.29) is 37.2 Å². The van der Waals surface area contributed by atoms with E-state index in [1.165, 1.54) is 25.7 Å². The van der Waals surface area contributed by atoms with Crippen LogP contribution in [0.5, 0.6) is 0 Å². The van der Waals surface area contributed by atoms with Crippen molar-refractivity contribution < 1.29 is 9.59 Å². The van der Waals surface area contributed by atoms with Crippen LogP contribution in [0.25, 0.3) is 0 Å². The first kappa shape index (κ1) is 34.0. The van der Waals surface area contributed by atoms with Gasteiger partial charge in [0.05, 0.1) is 12.6 Å². The first-order valence-corrected chi connectivity index (χ1v) is 16.8. The SMILES string of the molecule is C.CC(C)(C)CC[C@H](c1ccc(C(=O)NCc2nn[nH]n2)cc1)N1C(=O)C(c2cc(Cl)cc(Cl)c2)=NC12CCC1CCCCC1C2. The van der Waals surface area contributed by atoms with Gasteiger partial charge in [0, 0.05) is 21.2 Å². The second-order valence-electron chi connectivity index (χ2n) is 14.1. The van der Waals surface area contributed by atoms with Crippen LogP contribution in [0.4, 0.5) is 0 Å². The highest BCUT2D eigenvalue weighted by Crippen LogP contribution is 2.52. The van der Waals surface area contributed by atoms with Crippen molar-refractivity contribution >= 4 is 40.7 Å². The van der Waals surface area contributed by atoms with Gasteiger partial charge in [-0.2, -0.15) is 5.21 Å². The van der Waals surface area contributed by atoms with Crippen molar-refractivity contribution in [3.8, 4) is 0 Å². The number of aromatic nitrogens is 4. The molecule has 9 nitrogen and oxygen atoms in total. The third-order valence-corrected chi connectivity index (χ3v) is 10.2. The van der Waals surface area contributed by atoms with Crippen LogP contribution >= 0.6 is 23.2 Å². The van der Waals surface area contributed by atoms with Crippen LogP contribution in [0.15, 0.2) is 47.5 Å². The Bertz CT molecular complexity index is 1550. The molecule has 1 aromatic heterocycles. The summed E-state index contributed by atoms with van der Waals surface area (Å²) in [5.74, 6) is 1.33. The number of hydrogen-bond donors (Lipinski definition) is 2. The van der Waals surface area contributed by atoms with Gasteiger partial charge in [-0.3, -0.25) is 14.6 Å². The van der Waals surface area contributed by atoms with Crippen molar-refractivity contribution in [1.82, 2.24) is 30.8 Å². The number of aliphatic imine (C=N–C) groups is 1. The van der Waals surface area contributed by atoms with Crippen molar-refractivity contribution in [1.29, 1.82) is 0 Å². The fourth-order valence-electron chi connectivity index (χ4n) is 7.51. The Labute approximate surface area is 281 Å². The Balaban J connectivity index is 0.00000417. The summed E-state index contributed by atoms with van der Waals surface area (Å²) >= 11 is 12.8. The number of carbonyl (C=O) groups is 2. The number of hydrogen-bond acceptors (Lipinski definition) is 6. The van der Waals surface area contributed by atoms with E-state index in [0.717, 1.165) is 37.7 Å². The Morgan fingerprint density at radius 2 is 1.76 bits per heavy atom. The maximum atomic E-state index is 14.7. The van der Waals surface area contributed by atoms with Gasteiger partial charge in [-0.1, -0.05) is 94.4 Å². The second-order valence-corrected chi connectivity index (χ2v) is 14.9. The first-order chi connectivity index (χ1) is 21.5. The van der Waals surface area contributed by atoms with E-state index in [4.69, 9.17) is 28.2 Å². The molecule has 246 valence electrons. The minimum absolute atomic E-state index is 0. The summed E-state index contributed by atoms with van der Waals surface area (Å²) in [5.41, 5.74) is 2.04. The lowest BCUT2D eigenvalue weighted by Crippen LogP contribution is -2.53. The number of halogens is 2. The van der Waals surface area contributed by atoms with Gasteiger partial charge in [-0.25, -0.2) is 0 Å². The maximum Gasteiger partial charge on any atom is 0.275 e. The number of rotatable bonds is 8. The fourth-order valence-corrected chi connectivity index (χ4v) is 8.03. The summed E-state index contributed by atoms with van der Waals surface area (Å²) in [7, 11) is 0. The molecule has 1 aliphatic heterocycles. The average molecular weight is 667 g/mol. The minimum atomic E-state index is -0.636. The third kappa shape index (κ3) is 7.31. The summed E-state index contributed by atoms with van der Waals surface area (Å²) in [4.78, 5) is 35.1. The van der Waals surface area contributed by atoms with Gasteiger partial charge in [-0.05, 0) is 85.3 Å². The fraction of sp³-hybridized carbons (Fsp3) is 0.543. The molecule has 3 aliphatic rings. The number of carbonyl (C=O) groups excluding carboxylic acids is 2. The first-order valence-electron chi connectivity index (χ1n) is 16.0. The number of amides is 2. The molecule has 3 aromatic rings. The number of H-pyrrole nitrogens is 1. The number of fused-ring (bicyclic) bond motifs is 1. The highest BCUT2D eigenvalue weighted by molar-refractivity contribution is 6.47. The lowest BCUT2D eigenvalue weighted by molar-refractivity contribution is -0.135. The summed E-state index contributed by atoms with van der Waals surface area (Å²) in [6, 6.07) is 12.7. The number of nitrogens with zero attached hydrogens (tertiary/aromatic N) is 5. The van der Waals surface area contributed by atoms with E-state index in [1.54, 1.807) is 18.2 Å². The molecule has 2 aliphatic carbocycles. The van der Waals surface area contributed by atoms with Gasteiger partial charge in [0.25, 0.3) is 11.8 Å². The molecule has 2 aromatic carbocycles. The van der Waals surface area contributed by atoms with Gasteiger partial charge in [0.1, 0.15) is 11.4 Å². The van der Waals surface area contributed by atoms with Crippen molar-refractivity contribution in [3.63, 3.8) is 0 Å². The molecule has 46 heavy (non-hydrogen) atoms. The summed E-state index contributed by atoms with van der Waals surface area (Å²) in [6.07, 6.45) is 9.41. The monoisotopic (exact) mass is 665 g/mol. The number of aromatic amines is 1. The number of nitrogens with one attached hydrogen (secondary N) is 2. The van der Waals surface area contributed by atoms with Crippen molar-refractivity contribution in [2.24, 2.45) is 22.2 Å². The molecule has 4 atom stereocenters. The van der Waals surface area contributed by atoms with Gasteiger partial charge in [0.2, 0.25) is 0 Å². The van der Waals surface area contributed by atoms with Crippen LogP contribution < -0.4 is 5.32 Å². The van der Waals surface area contributed by atoms with E-state index in [0.29, 0.717) is 44.5 Å². The minimum Gasteiger partial charge on any atom is -0.345 e. The predicted molar refractivity (Wildman–Crippen MR) is 182 cm³/mol. The molecule has 1 spiro atoms. The zero-order valence-electron chi connectivity index (χ0n) is 26.2. The molecule has 2 amide bonds. The molecule has 2 N–H and O–H groups in total. The van der Waals surface area contributed by atoms with E-state index < -0.39 is 5.66 Å². The average Bonchev–Trinajstić information content (AvgIpc) is 3.62. The van der Waals surface area contributed by atoms with E-state index in [9.17, 15) is 9.59 Å². The Kier molecular flexibility index (Phi) is 10.2. The number of benzene rings is 2. The smallest absolute Gasteiger partial charge is 0.275 e. The van der Waals surface area contributed by atoms with Crippen molar-refractivity contribution in [2.45, 2.75) is 104 Å². The lowest BCUT2D eigenvalue weighted by Gasteiger charge is -2.49. The standard InChI is InChI=1S/C34H41Cl2N7O2.CH4/c1-33(2,3)14-13-28(22-8-10-23(11-9-22)31(44)37-20-29-39-41-42-40-29)43-32(45)30(25-16-26(35)18-27(36)17-25)38-34(43)15-12-21-6-4-5-7-24(21)19-34;/h8-11,16-18,21,24,28H,4-7,12-15,19-20H2,1-3H3,(H,37,44)(H,39,40,41,42);1H4/t21?,24?,28-,34?;/m1./s1. The molecular formula is C35H45Cl2N7O2. The van der Waals surface area contributed by atoms with E-state index in [1.807, 2.05) is 24.3 Å². The zero-order chi connectivity index (χ0) is 31.8. The topological polar surface area (TPSA) is 116 Å². The molecule has 6 rings (SSSR count). The van der Waals surface area contributed by atoms with Crippen molar-refractivity contribution in [3.05, 3.63) is 75.0 Å². The van der Waals surface area contributed by atoms with Gasteiger partial charge < -0.3 is 10.2 Å². The normalized spacial score (nSPS) is 23.5. The highest BCUT2D eigenvalue weighted by atomic mass is 35.5. The summed E-state index contributed by atoms with van der Waals surface area (Å²) in [5, 5.41) is 17.5. The van der Waals surface area contributed by atoms with Gasteiger partial charge in [-0.15, -0.1) is 10.2 Å². The van der Waals surface area contributed by atoms with Gasteiger partial charge in [0.15, 0.2) is 5.82 Å². The third-order valence-electron chi connectivity index (χ3n) is 9.73. The molecule has 2 heterocycles. The van der Waals surface area contributed by atoms with E-state index in [2.05, 4.69) is 51.6 Å². The molecule has 0 bridgehead atoms. The Hall–Kier alpha value is -3.30. The van der Waals surface area contributed by atoms with Crippen molar-refractivity contribution in [2.75, 3.05) is 0 Å². The summed E-state index contributed by atoms with van der Waals surface area (Å²) < 4.78 is 0. The van der Waals surface area contributed by atoms with Crippen LogP contribution in [-0.4, -0.2) is 48.7 Å². The summed E-state index contributed by atoms with van der Waals surface area (Å²) in [6.45, 7) is 6.86. The molecule has 11 heteroatoms. The molecule has 0 radical (unpaired) electrons. The molecular weight excluding hydrogens is 621 g/mol. The van der Waals surface area contributed by atoms with Crippen LogP contribution in [0, 0.1) is 17.3 Å². The van der Waals surface area contributed by atoms with Crippen LogP contribution in [0.1, 0.15) is 119 Å². The molecule has 2 fully saturated rings. The molecule has 3 unspecified atom stereocenters. The van der Waals surface area contributed by atoms with Crippen LogP contribution in [0.3, 0.4) is 0 Å². The predicted octanol–water partition coefficient (Wildman–Crippen LogP) is 7.96. The molecule has 2 saturated carbocycles. The lowest BCUT2D eigenvalue weighted by atomic mass is 9.67. The number of tetrazole rings is 1. The van der Waals surface area contributed by atoms with E-state index >= 15 is 0 Å². The second kappa shape index (κ2) is 13.8. The highest BCUT2D eigenvalue weighted by Gasteiger charge is 2.54. The largest absolute Gasteiger partial charge is 0.345 e. The van der Waals surface area contributed by atoms with Crippen LogP contribution in [0.2, 0.25) is 10.0 Å². The molecule has 0 saturated heterocycles.